The zero-order valence-corrected chi connectivity index (χ0v) is 17.6. The van der Waals surface area contributed by atoms with Crippen molar-refractivity contribution in [1.82, 2.24) is 14.5 Å². The van der Waals surface area contributed by atoms with Crippen molar-refractivity contribution in [2.75, 3.05) is 19.6 Å². The predicted molar refractivity (Wildman–Crippen MR) is 112 cm³/mol. The second-order valence-corrected chi connectivity index (χ2v) is 7.85. The van der Waals surface area contributed by atoms with Gasteiger partial charge in [0.2, 0.25) is 0 Å². The van der Waals surface area contributed by atoms with Gasteiger partial charge in [-0.2, -0.15) is 13.2 Å². The van der Waals surface area contributed by atoms with Gasteiger partial charge in [-0.3, -0.25) is 9.78 Å². The molecule has 166 valence electrons. The van der Waals surface area contributed by atoms with E-state index in [-0.39, 0.29) is 23.7 Å². The molecular weight excluding hydrogens is 419 g/mol. The van der Waals surface area contributed by atoms with Gasteiger partial charge in [0.1, 0.15) is 0 Å². The van der Waals surface area contributed by atoms with Crippen LogP contribution < -0.4 is 11.2 Å². The molecule has 0 spiro atoms. The average Bonchev–Trinajstić information content (AvgIpc) is 3.29. The first-order valence-corrected chi connectivity index (χ1v) is 9.89. The molecule has 1 saturated heterocycles. The Labute approximate surface area is 179 Å². The van der Waals surface area contributed by atoms with Crippen LogP contribution in [-0.4, -0.2) is 34.1 Å². The smallest absolute Gasteiger partial charge is 0.303 e. The fourth-order valence-electron chi connectivity index (χ4n) is 3.71. The number of hydrogen-bond acceptors (Lipinski definition) is 3. The predicted octanol–water partition coefficient (Wildman–Crippen LogP) is 3.70. The first kappa shape index (κ1) is 24.2. The van der Waals surface area contributed by atoms with Crippen molar-refractivity contribution in [2.45, 2.75) is 38.9 Å². The van der Waals surface area contributed by atoms with E-state index in [0.29, 0.717) is 12.1 Å². The van der Waals surface area contributed by atoms with Gasteiger partial charge in [-0.15, -0.1) is 12.4 Å². The van der Waals surface area contributed by atoms with Crippen LogP contribution in [0.15, 0.2) is 46.1 Å². The summed E-state index contributed by atoms with van der Waals surface area (Å²) < 4.78 is 37.0. The normalized spacial score (nSPS) is 20.0. The summed E-state index contributed by atoms with van der Waals surface area (Å²) in [7, 11) is 0. The highest BCUT2D eigenvalue weighted by molar-refractivity contribution is 5.85. The fraction of sp³-hybridized carbons (Fsp3) is 0.524. The van der Waals surface area contributed by atoms with Crippen molar-refractivity contribution in [1.29, 1.82) is 0 Å². The number of piperidine rings is 1. The molecule has 1 aromatic carbocycles. The summed E-state index contributed by atoms with van der Waals surface area (Å²) in [6, 6.07) is 6.36. The van der Waals surface area contributed by atoms with E-state index in [0.717, 1.165) is 43.4 Å². The van der Waals surface area contributed by atoms with E-state index in [1.165, 1.54) is 31.6 Å². The number of benzene rings is 1. The third-order valence-electron chi connectivity index (χ3n) is 5.47. The monoisotopic (exact) mass is 445 g/mol. The number of aromatic nitrogens is 2. The maximum absolute atomic E-state index is 11.8. The molecule has 4 rings (SSSR count). The second-order valence-electron chi connectivity index (χ2n) is 7.85. The fourth-order valence-corrected chi connectivity index (χ4v) is 3.71. The molecule has 0 bridgehead atoms. The van der Waals surface area contributed by atoms with Crippen molar-refractivity contribution >= 4 is 12.4 Å². The Morgan fingerprint density at radius 2 is 1.63 bits per heavy atom. The van der Waals surface area contributed by atoms with E-state index in [1.54, 1.807) is 23.8 Å². The van der Waals surface area contributed by atoms with E-state index in [2.05, 4.69) is 9.88 Å². The number of nitrogens with one attached hydrogen (secondary N) is 1. The van der Waals surface area contributed by atoms with Gasteiger partial charge >= 0.3 is 11.9 Å². The van der Waals surface area contributed by atoms with Crippen LogP contribution in [0.1, 0.15) is 30.4 Å². The summed E-state index contributed by atoms with van der Waals surface area (Å²) in [6.45, 7) is 6.12. The molecule has 2 atom stereocenters. The number of H-pyrrole nitrogens is 1. The molecule has 5 nitrogen and oxygen atoms in total. The molecule has 2 fully saturated rings. The summed E-state index contributed by atoms with van der Waals surface area (Å²) in [5.74, 6) is 1.98. The van der Waals surface area contributed by atoms with E-state index < -0.39 is 11.7 Å². The Bertz CT molecular complexity index is 918. The van der Waals surface area contributed by atoms with Gasteiger partial charge in [0.05, 0.1) is 5.56 Å². The number of halogens is 4. The summed E-state index contributed by atoms with van der Waals surface area (Å²) in [4.78, 5) is 27.7. The van der Waals surface area contributed by atoms with Gasteiger partial charge < -0.3 is 9.47 Å². The molecule has 30 heavy (non-hydrogen) atoms. The molecule has 1 aromatic heterocycles. The van der Waals surface area contributed by atoms with Crippen LogP contribution in [0, 0.1) is 18.8 Å². The lowest BCUT2D eigenvalue weighted by Gasteiger charge is -2.17. The molecule has 1 aliphatic carbocycles. The molecular formula is C21H27ClF3N3O2. The van der Waals surface area contributed by atoms with Crippen molar-refractivity contribution < 1.29 is 13.2 Å². The number of aryl methyl sites for hydroxylation is 2. The van der Waals surface area contributed by atoms with Crippen molar-refractivity contribution in [3.63, 3.8) is 0 Å². The Morgan fingerprint density at radius 3 is 2.20 bits per heavy atom. The molecule has 9 heteroatoms. The minimum atomic E-state index is -4.21. The SMILES string of the molecule is Cc1cn(CCCCN2CC3CC3C2)c(=O)[nH]c1=O.Cl.FC(F)(F)c1ccccc1. The topological polar surface area (TPSA) is 58.1 Å². The highest BCUT2D eigenvalue weighted by Gasteiger charge is 2.44. The standard InChI is InChI=1S/C14H21N3O2.C7H5F3.ClH/c1-10-7-17(14(19)15-13(10)18)5-3-2-4-16-8-11-6-12(11)9-16;8-7(9,10)6-4-2-1-3-5-6;/h7,11-12H,2-6,8-9H2,1H3,(H,15,18,19);1-5H;1H. The van der Waals surface area contributed by atoms with Crippen LogP contribution in [-0.2, 0) is 12.7 Å². The number of hydrogen-bond donors (Lipinski definition) is 1. The lowest BCUT2D eigenvalue weighted by molar-refractivity contribution is -0.137. The molecule has 0 radical (unpaired) electrons. The molecule has 1 aliphatic heterocycles. The van der Waals surface area contributed by atoms with Crippen LogP contribution in [0.5, 0.6) is 0 Å². The third-order valence-corrected chi connectivity index (χ3v) is 5.47. The zero-order chi connectivity index (χ0) is 21.0. The van der Waals surface area contributed by atoms with E-state index in [4.69, 9.17) is 0 Å². The Balaban J connectivity index is 0.000000249. The van der Waals surface area contributed by atoms with Crippen molar-refractivity contribution in [2.24, 2.45) is 11.8 Å². The maximum Gasteiger partial charge on any atom is 0.416 e. The Hall–Kier alpha value is -2.06. The van der Waals surface area contributed by atoms with E-state index >= 15 is 0 Å². The number of rotatable bonds is 5. The molecule has 0 amide bonds. The Morgan fingerprint density at radius 1 is 1.03 bits per heavy atom. The number of nitrogens with zero attached hydrogens (tertiary/aromatic N) is 2. The van der Waals surface area contributed by atoms with Crippen molar-refractivity contribution in [3.8, 4) is 0 Å². The van der Waals surface area contributed by atoms with E-state index in [9.17, 15) is 22.8 Å². The van der Waals surface area contributed by atoms with Crippen LogP contribution in [0.2, 0.25) is 0 Å². The minimum absolute atomic E-state index is 0. The highest BCUT2D eigenvalue weighted by Crippen LogP contribution is 2.44. The first-order chi connectivity index (χ1) is 13.7. The van der Waals surface area contributed by atoms with Crippen LogP contribution in [0.3, 0.4) is 0 Å². The summed E-state index contributed by atoms with van der Waals surface area (Å²) >= 11 is 0. The number of aromatic amines is 1. The molecule has 1 N–H and O–H groups in total. The van der Waals surface area contributed by atoms with Crippen molar-refractivity contribution in [3.05, 3.63) is 68.5 Å². The second kappa shape index (κ2) is 10.3. The van der Waals surface area contributed by atoms with E-state index in [1.807, 2.05) is 0 Å². The zero-order valence-electron chi connectivity index (χ0n) is 16.8. The lowest BCUT2D eigenvalue weighted by Crippen LogP contribution is -2.31. The lowest BCUT2D eigenvalue weighted by atomic mass is 10.2. The molecule has 2 aromatic rings. The van der Waals surface area contributed by atoms with Crippen LogP contribution >= 0.6 is 12.4 Å². The number of alkyl halides is 3. The number of likely N-dealkylation sites (tertiary alicyclic amines) is 1. The third kappa shape index (κ3) is 6.74. The van der Waals surface area contributed by atoms with Gasteiger partial charge in [0.15, 0.2) is 0 Å². The minimum Gasteiger partial charge on any atom is -0.303 e. The first-order valence-electron chi connectivity index (χ1n) is 9.89. The molecule has 1 saturated carbocycles. The van der Waals surface area contributed by atoms with Gasteiger partial charge in [0.25, 0.3) is 5.56 Å². The highest BCUT2D eigenvalue weighted by atomic mass is 35.5. The maximum atomic E-state index is 11.8. The van der Waals surface area contributed by atoms with Gasteiger partial charge in [-0.25, -0.2) is 4.79 Å². The Kier molecular flexibility index (Phi) is 8.32. The van der Waals surface area contributed by atoms with Crippen LogP contribution in [0.4, 0.5) is 13.2 Å². The summed E-state index contributed by atoms with van der Waals surface area (Å²) in [5.41, 5.74) is -0.579. The number of unbranched alkanes of at least 4 members (excludes halogenated alkanes) is 1. The van der Waals surface area contributed by atoms with Crippen LogP contribution in [0.25, 0.3) is 0 Å². The largest absolute Gasteiger partial charge is 0.416 e. The summed E-state index contributed by atoms with van der Waals surface area (Å²) in [5, 5.41) is 0. The van der Waals surface area contributed by atoms with Gasteiger partial charge in [-0.05, 0) is 44.6 Å². The molecule has 2 heterocycles. The van der Waals surface area contributed by atoms with Gasteiger partial charge in [0, 0.05) is 31.4 Å². The van der Waals surface area contributed by atoms with Gasteiger partial charge in [-0.1, -0.05) is 30.3 Å². The quantitative estimate of drug-likeness (QED) is 0.714. The average molecular weight is 446 g/mol. The molecule has 2 unspecified atom stereocenters. The number of fused-ring (bicyclic) bond motifs is 1. The summed E-state index contributed by atoms with van der Waals surface area (Å²) in [6.07, 6.45) is 0.997. The molecule has 2 aliphatic rings.